The van der Waals surface area contributed by atoms with Crippen LogP contribution in [-0.4, -0.2) is 84.3 Å². The van der Waals surface area contributed by atoms with E-state index in [1.54, 1.807) is 4.90 Å². The summed E-state index contributed by atoms with van der Waals surface area (Å²) in [7, 11) is -4.16. The fraction of sp³-hybridized carbons (Fsp3) is 1.00. The van der Waals surface area contributed by atoms with Gasteiger partial charge in [-0.1, -0.05) is 0 Å². The normalized spacial score (nSPS) is 21.6. The zero-order valence-electron chi connectivity index (χ0n) is 9.70. The largest absolute Gasteiger partial charge is 0.396 e. The highest BCUT2D eigenvalue weighted by Crippen LogP contribution is 2.13. The van der Waals surface area contributed by atoms with E-state index in [-0.39, 0.29) is 19.6 Å². The number of nitrogens with zero attached hydrogens (tertiary/aromatic N) is 2. The minimum atomic E-state index is -4.16. The summed E-state index contributed by atoms with van der Waals surface area (Å²) in [6.45, 7) is 2.69. The molecule has 0 aromatic carbocycles. The molecule has 1 saturated heterocycles. The average molecular weight is 268 g/mol. The van der Waals surface area contributed by atoms with Crippen LogP contribution in [0.4, 0.5) is 0 Å². The molecule has 0 aromatic rings. The Balaban J connectivity index is 2.55. The van der Waals surface area contributed by atoms with Gasteiger partial charge in [-0.15, -0.1) is 0 Å². The minimum absolute atomic E-state index is 0.0127. The lowest BCUT2D eigenvalue weighted by Crippen LogP contribution is -2.53. The molecule has 0 bridgehead atoms. The van der Waals surface area contributed by atoms with Crippen LogP contribution in [0.5, 0.6) is 0 Å². The van der Waals surface area contributed by atoms with Gasteiger partial charge in [-0.25, -0.2) is 0 Å². The lowest BCUT2D eigenvalue weighted by molar-refractivity contribution is 0.0934. The Bertz CT molecular complexity index is 313. The molecular formula is C9H20N2O5S. The predicted molar refractivity (Wildman–Crippen MR) is 62.1 cm³/mol. The highest BCUT2D eigenvalue weighted by molar-refractivity contribution is 7.86. The predicted octanol–water partition coefficient (Wildman–Crippen LogP) is -1.81. The zero-order chi connectivity index (χ0) is 12.9. The molecule has 0 spiro atoms. The molecule has 1 heterocycles. The maximum atomic E-state index is 11.2. The van der Waals surface area contributed by atoms with Gasteiger partial charge in [0.15, 0.2) is 0 Å². The minimum Gasteiger partial charge on any atom is -0.396 e. The third-order valence-electron chi connectivity index (χ3n) is 2.95. The second-order valence-corrected chi connectivity index (χ2v) is 5.66. The van der Waals surface area contributed by atoms with Crippen LogP contribution >= 0.6 is 0 Å². The molecule has 0 aliphatic carbocycles. The number of hydrogen-bond donors (Lipinski definition) is 3. The van der Waals surface area contributed by atoms with Crippen molar-refractivity contribution >= 4 is 10.1 Å². The maximum absolute atomic E-state index is 11.2. The van der Waals surface area contributed by atoms with Crippen molar-refractivity contribution in [2.24, 2.45) is 0 Å². The monoisotopic (exact) mass is 268 g/mol. The molecule has 1 aliphatic rings. The van der Waals surface area contributed by atoms with Crippen molar-refractivity contribution in [1.29, 1.82) is 0 Å². The van der Waals surface area contributed by atoms with Gasteiger partial charge in [0.2, 0.25) is 0 Å². The molecule has 7 nitrogen and oxygen atoms in total. The zero-order valence-corrected chi connectivity index (χ0v) is 10.5. The second-order valence-electron chi connectivity index (χ2n) is 4.08. The lowest BCUT2D eigenvalue weighted by atomic mass is 10.3. The first-order valence-electron chi connectivity index (χ1n) is 5.63. The molecule has 0 amide bonds. The van der Waals surface area contributed by atoms with E-state index in [1.165, 1.54) is 0 Å². The van der Waals surface area contributed by atoms with Crippen molar-refractivity contribution in [3.05, 3.63) is 0 Å². The van der Waals surface area contributed by atoms with E-state index in [0.717, 1.165) is 0 Å². The quantitative estimate of drug-likeness (QED) is 0.488. The Hall–Kier alpha value is -0.250. The highest BCUT2D eigenvalue weighted by Gasteiger charge is 2.31. The third kappa shape index (κ3) is 4.49. The number of piperazine rings is 1. The molecular weight excluding hydrogens is 248 g/mol. The van der Waals surface area contributed by atoms with Gasteiger partial charge in [0, 0.05) is 45.8 Å². The summed E-state index contributed by atoms with van der Waals surface area (Å²) in [6.07, 6.45) is 0.0127. The number of β-amino-alcohol motifs (C(OH)–C–C–N with tert-alkyl or cyclic N) is 1. The van der Waals surface area contributed by atoms with Crippen LogP contribution in [0.25, 0.3) is 0 Å². The van der Waals surface area contributed by atoms with E-state index >= 15 is 0 Å². The van der Waals surface area contributed by atoms with E-state index < -0.39 is 15.5 Å². The van der Waals surface area contributed by atoms with E-state index in [4.69, 9.17) is 14.8 Å². The molecule has 0 radical (unpaired) electrons. The molecule has 3 N–H and O–H groups in total. The van der Waals surface area contributed by atoms with Gasteiger partial charge in [0.05, 0.1) is 6.61 Å². The first-order chi connectivity index (χ1) is 7.99. The number of hydrogen-bond acceptors (Lipinski definition) is 6. The third-order valence-corrected chi connectivity index (χ3v) is 4.17. The highest BCUT2D eigenvalue weighted by atomic mass is 32.2. The number of rotatable bonds is 6. The van der Waals surface area contributed by atoms with E-state index in [2.05, 4.69) is 0 Å². The summed E-state index contributed by atoms with van der Waals surface area (Å²) in [5.74, 6) is 0. The molecule has 1 rings (SSSR count). The topological polar surface area (TPSA) is 101 Å². The van der Waals surface area contributed by atoms with Crippen molar-refractivity contribution in [3.63, 3.8) is 0 Å². The maximum Gasteiger partial charge on any atom is 0.281 e. The SMILES string of the molecule is O=S(=O)(O)C(CCO)N1CCN(CCO)CC1. The number of aliphatic hydroxyl groups is 2. The Morgan fingerprint density at radius 3 is 2.06 bits per heavy atom. The number of aliphatic hydroxyl groups excluding tert-OH is 2. The van der Waals surface area contributed by atoms with E-state index in [0.29, 0.717) is 32.7 Å². The fourth-order valence-corrected chi connectivity index (χ4v) is 3.04. The van der Waals surface area contributed by atoms with Crippen LogP contribution in [0.15, 0.2) is 0 Å². The molecule has 1 unspecified atom stereocenters. The second kappa shape index (κ2) is 6.62. The van der Waals surface area contributed by atoms with Crippen LogP contribution < -0.4 is 0 Å². The fourth-order valence-electron chi connectivity index (χ4n) is 2.05. The van der Waals surface area contributed by atoms with Crippen molar-refractivity contribution < 1.29 is 23.2 Å². The summed E-state index contributed by atoms with van der Waals surface area (Å²) in [6, 6.07) is 0. The van der Waals surface area contributed by atoms with Crippen LogP contribution in [0.1, 0.15) is 6.42 Å². The summed E-state index contributed by atoms with van der Waals surface area (Å²) in [4.78, 5) is 3.68. The summed E-state index contributed by atoms with van der Waals surface area (Å²) >= 11 is 0. The van der Waals surface area contributed by atoms with Crippen LogP contribution in [-0.2, 0) is 10.1 Å². The Morgan fingerprint density at radius 2 is 1.65 bits per heavy atom. The molecule has 1 fully saturated rings. The first kappa shape index (κ1) is 14.8. The van der Waals surface area contributed by atoms with Crippen molar-refractivity contribution in [1.82, 2.24) is 9.80 Å². The standard InChI is InChI=1S/C9H20N2O5S/c12-7-1-9(17(14,15)16)11-4-2-10(3-5-11)6-8-13/h9,12-13H,1-8H2,(H,14,15,16). The van der Waals surface area contributed by atoms with E-state index in [1.807, 2.05) is 4.90 Å². The van der Waals surface area contributed by atoms with Crippen molar-refractivity contribution in [3.8, 4) is 0 Å². The molecule has 17 heavy (non-hydrogen) atoms. The molecule has 8 heteroatoms. The van der Waals surface area contributed by atoms with Gasteiger partial charge in [-0.3, -0.25) is 14.4 Å². The molecule has 0 saturated carbocycles. The molecule has 1 aliphatic heterocycles. The Morgan fingerprint density at radius 1 is 1.06 bits per heavy atom. The van der Waals surface area contributed by atoms with Gasteiger partial charge in [-0.2, -0.15) is 8.42 Å². The molecule has 0 aromatic heterocycles. The van der Waals surface area contributed by atoms with Gasteiger partial charge < -0.3 is 10.2 Å². The van der Waals surface area contributed by atoms with Gasteiger partial charge in [0.25, 0.3) is 10.1 Å². The Kier molecular flexibility index (Phi) is 5.77. The van der Waals surface area contributed by atoms with Crippen LogP contribution in [0.3, 0.4) is 0 Å². The molecule has 1 atom stereocenters. The van der Waals surface area contributed by atoms with Crippen molar-refractivity contribution in [2.45, 2.75) is 11.8 Å². The van der Waals surface area contributed by atoms with Crippen LogP contribution in [0, 0.1) is 0 Å². The van der Waals surface area contributed by atoms with Crippen molar-refractivity contribution in [2.75, 3.05) is 45.9 Å². The summed E-state index contributed by atoms with van der Waals surface area (Å²) in [5, 5.41) is 16.6. The van der Waals surface area contributed by atoms with Gasteiger partial charge in [-0.05, 0) is 0 Å². The molecule has 102 valence electrons. The first-order valence-corrected chi connectivity index (χ1v) is 7.13. The van der Waals surface area contributed by atoms with E-state index in [9.17, 15) is 8.42 Å². The summed E-state index contributed by atoms with van der Waals surface area (Å²) < 4.78 is 31.4. The summed E-state index contributed by atoms with van der Waals surface area (Å²) in [5.41, 5.74) is 0. The van der Waals surface area contributed by atoms with Crippen LogP contribution in [0.2, 0.25) is 0 Å². The van der Waals surface area contributed by atoms with Gasteiger partial charge >= 0.3 is 0 Å². The smallest absolute Gasteiger partial charge is 0.281 e. The Labute approximate surface area is 101 Å². The van der Waals surface area contributed by atoms with Gasteiger partial charge in [0.1, 0.15) is 5.37 Å². The lowest BCUT2D eigenvalue weighted by Gasteiger charge is -2.37. The average Bonchev–Trinajstić information content (AvgIpc) is 2.26.